The molecular formula is C23H18O3S2. The number of carbonyl (C=O) groups excluding carboxylic acids is 1. The van der Waals surface area contributed by atoms with Crippen molar-refractivity contribution >= 4 is 28.5 Å². The fourth-order valence-electron chi connectivity index (χ4n) is 3.11. The molecule has 0 radical (unpaired) electrons. The van der Waals surface area contributed by atoms with Gasteiger partial charge in [0.1, 0.15) is 11.5 Å². The van der Waals surface area contributed by atoms with Crippen LogP contribution in [-0.2, 0) is 0 Å². The minimum atomic E-state index is 0.0423. The van der Waals surface area contributed by atoms with Gasteiger partial charge in [0.25, 0.3) is 0 Å². The number of rotatable bonds is 6. The number of carbonyl (C=O) groups is 1. The van der Waals surface area contributed by atoms with Gasteiger partial charge in [-0.3, -0.25) is 4.79 Å². The molecule has 0 N–H and O–H groups in total. The van der Waals surface area contributed by atoms with Gasteiger partial charge in [0, 0.05) is 11.1 Å². The highest BCUT2D eigenvalue weighted by molar-refractivity contribution is 7.16. The standard InChI is InChI=1S/C23H18O3S2/c1-25-17-7-3-5-15(13-17)19-9-11-27-22(19)21(24)23-20(10-12-28-23)16-6-4-8-18(14-16)26-2/h3-14H,1-2H3. The average molecular weight is 407 g/mol. The third kappa shape index (κ3) is 3.46. The van der Waals surface area contributed by atoms with E-state index < -0.39 is 0 Å². The number of ketones is 1. The summed E-state index contributed by atoms with van der Waals surface area (Å²) in [5.41, 5.74) is 3.81. The smallest absolute Gasteiger partial charge is 0.214 e. The van der Waals surface area contributed by atoms with E-state index >= 15 is 0 Å². The van der Waals surface area contributed by atoms with Crippen LogP contribution in [0.1, 0.15) is 14.5 Å². The molecule has 0 spiro atoms. The second kappa shape index (κ2) is 8.00. The highest BCUT2D eigenvalue weighted by Gasteiger charge is 2.21. The van der Waals surface area contributed by atoms with Crippen LogP contribution >= 0.6 is 22.7 Å². The lowest BCUT2D eigenvalue weighted by Crippen LogP contribution is -2.00. The largest absolute Gasteiger partial charge is 0.497 e. The number of hydrogen-bond donors (Lipinski definition) is 0. The van der Waals surface area contributed by atoms with Crippen molar-refractivity contribution < 1.29 is 14.3 Å². The third-order valence-corrected chi connectivity index (χ3v) is 6.33. The van der Waals surface area contributed by atoms with E-state index in [1.807, 2.05) is 71.4 Å². The minimum absolute atomic E-state index is 0.0423. The van der Waals surface area contributed by atoms with Crippen molar-refractivity contribution in [3.63, 3.8) is 0 Å². The summed E-state index contributed by atoms with van der Waals surface area (Å²) in [4.78, 5) is 14.9. The molecule has 0 bridgehead atoms. The Kier molecular flexibility index (Phi) is 5.28. The van der Waals surface area contributed by atoms with Gasteiger partial charge in [0.2, 0.25) is 5.78 Å². The Morgan fingerprint density at radius 3 is 1.61 bits per heavy atom. The van der Waals surface area contributed by atoms with Crippen molar-refractivity contribution in [3.8, 4) is 33.8 Å². The van der Waals surface area contributed by atoms with E-state index in [9.17, 15) is 4.79 Å². The Labute approximate surface area is 171 Å². The summed E-state index contributed by atoms with van der Waals surface area (Å²) in [5.74, 6) is 1.59. The molecule has 0 atom stereocenters. The van der Waals surface area contributed by atoms with Gasteiger partial charge in [-0.2, -0.15) is 0 Å². The summed E-state index contributed by atoms with van der Waals surface area (Å²) >= 11 is 2.93. The molecule has 0 aliphatic carbocycles. The van der Waals surface area contributed by atoms with Crippen LogP contribution in [0.5, 0.6) is 11.5 Å². The first-order valence-corrected chi connectivity index (χ1v) is 10.5. The van der Waals surface area contributed by atoms with Crippen LogP contribution in [0.15, 0.2) is 71.4 Å². The number of benzene rings is 2. The van der Waals surface area contributed by atoms with Crippen LogP contribution in [0.2, 0.25) is 0 Å². The molecule has 2 heterocycles. The molecule has 140 valence electrons. The maximum Gasteiger partial charge on any atom is 0.214 e. The third-order valence-electron chi connectivity index (χ3n) is 4.50. The minimum Gasteiger partial charge on any atom is -0.497 e. The Balaban J connectivity index is 1.75. The first kappa shape index (κ1) is 18.5. The molecular weight excluding hydrogens is 388 g/mol. The van der Waals surface area contributed by atoms with E-state index in [2.05, 4.69) is 0 Å². The van der Waals surface area contributed by atoms with Gasteiger partial charge in [-0.05, 0) is 58.3 Å². The normalized spacial score (nSPS) is 10.6. The van der Waals surface area contributed by atoms with Crippen LogP contribution in [-0.4, -0.2) is 20.0 Å². The quantitative estimate of drug-likeness (QED) is 0.348. The van der Waals surface area contributed by atoms with Crippen LogP contribution in [0, 0.1) is 0 Å². The predicted octanol–water partition coefficient (Wildman–Crippen LogP) is 6.39. The second-order valence-electron chi connectivity index (χ2n) is 6.12. The monoisotopic (exact) mass is 406 g/mol. The van der Waals surface area contributed by atoms with Crippen molar-refractivity contribution in [2.24, 2.45) is 0 Å². The van der Waals surface area contributed by atoms with Gasteiger partial charge < -0.3 is 9.47 Å². The van der Waals surface area contributed by atoms with Crippen LogP contribution in [0.3, 0.4) is 0 Å². The van der Waals surface area contributed by atoms with Crippen molar-refractivity contribution in [2.75, 3.05) is 14.2 Å². The lowest BCUT2D eigenvalue weighted by molar-refractivity contribution is 0.104. The summed E-state index contributed by atoms with van der Waals surface area (Å²) in [6, 6.07) is 19.6. The molecule has 0 saturated heterocycles. The topological polar surface area (TPSA) is 35.5 Å². The first-order valence-electron chi connectivity index (χ1n) is 8.70. The lowest BCUT2D eigenvalue weighted by atomic mass is 10.0. The first-order chi connectivity index (χ1) is 13.7. The molecule has 0 fully saturated rings. The maximum atomic E-state index is 13.4. The molecule has 0 saturated carbocycles. The average Bonchev–Trinajstić information content (AvgIpc) is 3.43. The molecule has 0 unspecified atom stereocenters. The van der Waals surface area contributed by atoms with E-state index in [0.29, 0.717) is 0 Å². The Morgan fingerprint density at radius 1 is 0.714 bits per heavy atom. The molecule has 4 rings (SSSR count). The van der Waals surface area contributed by atoms with E-state index in [-0.39, 0.29) is 5.78 Å². The molecule has 0 amide bonds. The zero-order valence-electron chi connectivity index (χ0n) is 15.5. The summed E-state index contributed by atoms with van der Waals surface area (Å²) in [6.45, 7) is 0. The number of thiophene rings is 2. The molecule has 0 aliphatic heterocycles. The lowest BCUT2D eigenvalue weighted by Gasteiger charge is -2.08. The van der Waals surface area contributed by atoms with E-state index in [1.165, 1.54) is 22.7 Å². The number of methoxy groups -OCH3 is 2. The van der Waals surface area contributed by atoms with Gasteiger partial charge in [-0.15, -0.1) is 22.7 Å². The molecule has 5 heteroatoms. The molecule has 0 aliphatic rings. The van der Waals surface area contributed by atoms with Crippen molar-refractivity contribution in [1.82, 2.24) is 0 Å². The summed E-state index contributed by atoms with van der Waals surface area (Å²) in [5, 5.41) is 3.92. The molecule has 28 heavy (non-hydrogen) atoms. The van der Waals surface area contributed by atoms with Gasteiger partial charge in [-0.25, -0.2) is 0 Å². The zero-order valence-corrected chi connectivity index (χ0v) is 17.1. The number of ether oxygens (including phenoxy) is 2. The predicted molar refractivity (Wildman–Crippen MR) is 116 cm³/mol. The fourth-order valence-corrected chi connectivity index (χ4v) is 4.90. The highest BCUT2D eigenvalue weighted by Crippen LogP contribution is 2.37. The zero-order chi connectivity index (χ0) is 19.5. The van der Waals surface area contributed by atoms with E-state index in [4.69, 9.17) is 9.47 Å². The van der Waals surface area contributed by atoms with Crippen molar-refractivity contribution in [1.29, 1.82) is 0 Å². The van der Waals surface area contributed by atoms with Crippen LogP contribution in [0.25, 0.3) is 22.3 Å². The summed E-state index contributed by atoms with van der Waals surface area (Å²) in [6.07, 6.45) is 0. The molecule has 2 aromatic heterocycles. The second-order valence-corrected chi connectivity index (χ2v) is 7.95. The van der Waals surface area contributed by atoms with Gasteiger partial charge >= 0.3 is 0 Å². The van der Waals surface area contributed by atoms with Crippen LogP contribution < -0.4 is 9.47 Å². The van der Waals surface area contributed by atoms with Gasteiger partial charge in [-0.1, -0.05) is 24.3 Å². The highest BCUT2D eigenvalue weighted by atomic mass is 32.1. The van der Waals surface area contributed by atoms with Crippen molar-refractivity contribution in [3.05, 3.63) is 81.2 Å². The molecule has 4 aromatic rings. The molecule has 3 nitrogen and oxygen atoms in total. The summed E-state index contributed by atoms with van der Waals surface area (Å²) < 4.78 is 10.7. The van der Waals surface area contributed by atoms with Crippen LogP contribution in [0.4, 0.5) is 0 Å². The van der Waals surface area contributed by atoms with E-state index in [1.54, 1.807) is 14.2 Å². The van der Waals surface area contributed by atoms with Crippen molar-refractivity contribution in [2.45, 2.75) is 0 Å². The fraction of sp³-hybridized carbons (Fsp3) is 0.0870. The molecule has 2 aromatic carbocycles. The van der Waals surface area contributed by atoms with Gasteiger partial charge in [0.15, 0.2) is 0 Å². The Morgan fingerprint density at radius 2 is 1.18 bits per heavy atom. The Bertz CT molecular complexity index is 1040. The number of hydrogen-bond acceptors (Lipinski definition) is 5. The maximum absolute atomic E-state index is 13.4. The Hall–Kier alpha value is -2.89. The summed E-state index contributed by atoms with van der Waals surface area (Å²) in [7, 11) is 3.29. The SMILES string of the molecule is COc1cccc(-c2ccsc2C(=O)c2sccc2-c2cccc(OC)c2)c1. The van der Waals surface area contributed by atoms with Gasteiger partial charge in [0.05, 0.1) is 24.0 Å². The van der Waals surface area contributed by atoms with E-state index in [0.717, 1.165) is 43.5 Å².